The maximum absolute atomic E-state index is 14.1. The van der Waals surface area contributed by atoms with Gasteiger partial charge in [-0.05, 0) is 55.9 Å². The van der Waals surface area contributed by atoms with Crippen molar-refractivity contribution in [3.63, 3.8) is 0 Å². The Morgan fingerprint density at radius 2 is 1.70 bits per heavy atom. The summed E-state index contributed by atoms with van der Waals surface area (Å²) in [7, 11) is 0. The monoisotopic (exact) mass is 407 g/mol. The topological polar surface area (TPSA) is 41.0 Å². The molecule has 2 aromatic carbocycles. The van der Waals surface area contributed by atoms with Crippen molar-refractivity contribution >= 4 is 11.0 Å². The zero-order valence-corrected chi connectivity index (χ0v) is 17.4. The van der Waals surface area contributed by atoms with Gasteiger partial charge in [0.25, 0.3) is 0 Å². The number of aromatic amines is 1. The van der Waals surface area contributed by atoms with Crippen molar-refractivity contribution in [3.8, 4) is 0 Å². The summed E-state index contributed by atoms with van der Waals surface area (Å²) in [6.07, 6.45) is 10.2. The van der Waals surface area contributed by atoms with Crippen LogP contribution < -0.4 is 5.69 Å². The zero-order chi connectivity index (χ0) is 20.6. The van der Waals surface area contributed by atoms with Gasteiger partial charge < -0.3 is 4.98 Å². The number of fused-ring (bicyclic) bond motifs is 1. The van der Waals surface area contributed by atoms with Crippen molar-refractivity contribution in [2.45, 2.75) is 69.5 Å². The number of nitrogens with zero attached hydrogens (tertiary/aromatic N) is 2. The Kier molecular flexibility index (Phi) is 5.23. The summed E-state index contributed by atoms with van der Waals surface area (Å²) in [5, 5.41) is 0. The molecule has 1 saturated carbocycles. The van der Waals surface area contributed by atoms with E-state index in [1.54, 1.807) is 6.07 Å². The van der Waals surface area contributed by atoms with E-state index in [-0.39, 0.29) is 23.2 Å². The number of halogens is 1. The van der Waals surface area contributed by atoms with E-state index in [2.05, 4.69) is 40.2 Å². The number of benzene rings is 2. The van der Waals surface area contributed by atoms with Gasteiger partial charge in [-0.2, -0.15) is 0 Å². The van der Waals surface area contributed by atoms with E-state index in [9.17, 15) is 9.18 Å². The van der Waals surface area contributed by atoms with Crippen LogP contribution in [0.3, 0.4) is 0 Å². The number of likely N-dealkylation sites (tertiary alicyclic amines) is 1. The summed E-state index contributed by atoms with van der Waals surface area (Å²) >= 11 is 0. The summed E-state index contributed by atoms with van der Waals surface area (Å²) in [4.78, 5) is 18.6. The molecule has 1 unspecified atom stereocenters. The first-order chi connectivity index (χ1) is 14.7. The van der Waals surface area contributed by atoms with Gasteiger partial charge in [0.1, 0.15) is 5.82 Å². The van der Waals surface area contributed by atoms with Crippen LogP contribution in [0.15, 0.2) is 53.3 Å². The fourth-order valence-corrected chi connectivity index (χ4v) is 5.88. The van der Waals surface area contributed by atoms with E-state index in [1.807, 2.05) is 4.57 Å². The summed E-state index contributed by atoms with van der Waals surface area (Å²) < 4.78 is 15.9. The zero-order valence-electron chi connectivity index (χ0n) is 17.4. The van der Waals surface area contributed by atoms with Crippen LogP contribution in [0.25, 0.3) is 11.0 Å². The maximum atomic E-state index is 14.1. The van der Waals surface area contributed by atoms with Crippen molar-refractivity contribution < 1.29 is 4.39 Å². The SMILES string of the molecule is O=c1[nH]c2ccc(F)cc2n1C1CCCCN1C1(c2ccccc2)CCCCCC1. The normalized spacial score (nSPS) is 22.8. The molecule has 4 nitrogen and oxygen atoms in total. The van der Waals surface area contributed by atoms with Crippen LogP contribution in [-0.2, 0) is 5.54 Å². The molecule has 2 heterocycles. The van der Waals surface area contributed by atoms with Crippen LogP contribution in [0.4, 0.5) is 4.39 Å². The van der Waals surface area contributed by atoms with Crippen LogP contribution in [0.2, 0.25) is 0 Å². The molecule has 2 aliphatic rings. The Morgan fingerprint density at radius 1 is 0.933 bits per heavy atom. The van der Waals surface area contributed by atoms with Crippen molar-refractivity contribution in [2.75, 3.05) is 6.54 Å². The van der Waals surface area contributed by atoms with E-state index in [1.165, 1.54) is 43.4 Å². The molecule has 2 fully saturated rings. The second kappa shape index (κ2) is 8.03. The van der Waals surface area contributed by atoms with Crippen LogP contribution in [0.5, 0.6) is 0 Å². The lowest BCUT2D eigenvalue weighted by molar-refractivity contribution is -0.0299. The number of aromatic nitrogens is 2. The van der Waals surface area contributed by atoms with Crippen molar-refractivity contribution in [3.05, 3.63) is 70.4 Å². The summed E-state index contributed by atoms with van der Waals surface area (Å²) in [6, 6.07) is 15.5. The van der Waals surface area contributed by atoms with Crippen LogP contribution in [0, 0.1) is 5.82 Å². The van der Waals surface area contributed by atoms with Crippen LogP contribution in [-0.4, -0.2) is 21.0 Å². The Labute approximate surface area is 176 Å². The van der Waals surface area contributed by atoms with Gasteiger partial charge in [-0.25, -0.2) is 9.18 Å². The molecule has 1 aliphatic carbocycles. The number of hydrogen-bond donors (Lipinski definition) is 1. The van der Waals surface area contributed by atoms with Gasteiger partial charge >= 0.3 is 5.69 Å². The van der Waals surface area contributed by atoms with Crippen molar-refractivity contribution in [1.29, 1.82) is 0 Å². The van der Waals surface area contributed by atoms with Gasteiger partial charge in [-0.3, -0.25) is 9.47 Å². The molecule has 1 aliphatic heterocycles. The highest BCUT2D eigenvalue weighted by Gasteiger charge is 2.44. The highest BCUT2D eigenvalue weighted by molar-refractivity contribution is 5.75. The third kappa shape index (κ3) is 3.29. The highest BCUT2D eigenvalue weighted by atomic mass is 19.1. The van der Waals surface area contributed by atoms with E-state index in [0.717, 1.165) is 38.6 Å². The molecule has 1 saturated heterocycles. The average Bonchev–Trinajstić information content (AvgIpc) is 2.93. The van der Waals surface area contributed by atoms with Gasteiger partial charge in [-0.1, -0.05) is 56.0 Å². The summed E-state index contributed by atoms with van der Waals surface area (Å²) in [5.74, 6) is -0.301. The lowest BCUT2D eigenvalue weighted by atomic mass is 9.79. The molecule has 5 heteroatoms. The quantitative estimate of drug-likeness (QED) is 0.566. The highest BCUT2D eigenvalue weighted by Crippen LogP contribution is 2.46. The molecule has 1 aromatic heterocycles. The van der Waals surface area contributed by atoms with Gasteiger partial charge in [0, 0.05) is 12.1 Å². The Hall–Kier alpha value is -2.40. The second-order valence-electron chi connectivity index (χ2n) is 8.94. The van der Waals surface area contributed by atoms with Crippen LogP contribution >= 0.6 is 0 Å². The minimum absolute atomic E-state index is 0.0555. The smallest absolute Gasteiger partial charge is 0.305 e. The Morgan fingerprint density at radius 3 is 2.47 bits per heavy atom. The van der Waals surface area contributed by atoms with E-state index >= 15 is 0 Å². The Bertz CT molecular complexity index is 1060. The predicted octanol–water partition coefficient (Wildman–Crippen LogP) is 5.70. The first-order valence-corrected chi connectivity index (χ1v) is 11.4. The first kappa shape index (κ1) is 19.6. The molecule has 0 spiro atoms. The van der Waals surface area contributed by atoms with Gasteiger partial charge in [0.15, 0.2) is 0 Å². The molecule has 5 rings (SSSR count). The van der Waals surface area contributed by atoms with Gasteiger partial charge in [0.2, 0.25) is 0 Å². The minimum Gasteiger partial charge on any atom is -0.305 e. The van der Waals surface area contributed by atoms with E-state index < -0.39 is 0 Å². The van der Waals surface area contributed by atoms with Gasteiger partial charge in [0.05, 0.1) is 17.2 Å². The lowest BCUT2D eigenvalue weighted by Gasteiger charge is -2.50. The number of rotatable bonds is 3. The minimum atomic E-state index is -0.301. The molecular weight excluding hydrogens is 377 g/mol. The van der Waals surface area contributed by atoms with E-state index in [0.29, 0.717) is 11.0 Å². The number of hydrogen-bond acceptors (Lipinski definition) is 2. The lowest BCUT2D eigenvalue weighted by Crippen LogP contribution is -2.52. The number of nitrogens with one attached hydrogen (secondary N) is 1. The standard InChI is InChI=1S/C25H30FN3O/c26-20-13-14-21-22(18-20)29(24(30)27-21)23-12-6-9-17-28(23)25(15-7-1-2-8-16-25)19-10-4-3-5-11-19/h3-5,10-11,13-14,18,23H,1-2,6-9,12,15-17H2,(H,27,30). The molecule has 1 atom stereocenters. The number of imidazole rings is 1. The first-order valence-electron chi connectivity index (χ1n) is 11.4. The molecule has 1 N–H and O–H groups in total. The Balaban J connectivity index is 1.67. The third-order valence-electron chi connectivity index (χ3n) is 7.24. The molecule has 158 valence electrons. The molecule has 0 bridgehead atoms. The maximum Gasteiger partial charge on any atom is 0.327 e. The predicted molar refractivity (Wildman–Crippen MR) is 118 cm³/mol. The molecule has 0 radical (unpaired) electrons. The van der Waals surface area contributed by atoms with Crippen LogP contribution in [0.1, 0.15) is 69.5 Å². The fraction of sp³-hybridized carbons (Fsp3) is 0.480. The van der Waals surface area contributed by atoms with Gasteiger partial charge in [-0.15, -0.1) is 0 Å². The summed E-state index contributed by atoms with van der Waals surface area (Å²) in [6.45, 7) is 0.966. The molecule has 0 amide bonds. The third-order valence-corrected chi connectivity index (χ3v) is 7.24. The largest absolute Gasteiger partial charge is 0.327 e. The molecule has 3 aromatic rings. The average molecular weight is 408 g/mol. The number of piperidine rings is 1. The van der Waals surface area contributed by atoms with Crippen molar-refractivity contribution in [1.82, 2.24) is 14.5 Å². The van der Waals surface area contributed by atoms with Crippen molar-refractivity contribution in [2.24, 2.45) is 0 Å². The number of H-pyrrole nitrogens is 1. The molecule has 30 heavy (non-hydrogen) atoms. The molecular formula is C25H30FN3O. The summed E-state index contributed by atoms with van der Waals surface area (Å²) in [5.41, 5.74) is 2.54. The fourth-order valence-electron chi connectivity index (χ4n) is 5.88. The van der Waals surface area contributed by atoms with E-state index in [4.69, 9.17) is 0 Å². The second-order valence-corrected chi connectivity index (χ2v) is 8.94.